The predicted molar refractivity (Wildman–Crippen MR) is 133 cm³/mol. The minimum atomic E-state index is -0.700. The molecular formula is C29H20N2O4. The lowest BCUT2D eigenvalue weighted by atomic mass is 9.98. The van der Waals surface area contributed by atoms with Gasteiger partial charge in [-0.2, -0.15) is 0 Å². The van der Waals surface area contributed by atoms with Crippen molar-refractivity contribution >= 4 is 22.7 Å². The number of nitrogens with zero attached hydrogens (tertiary/aromatic N) is 2. The van der Waals surface area contributed by atoms with Gasteiger partial charge in [-0.25, -0.2) is 4.98 Å². The monoisotopic (exact) mass is 460 g/mol. The second-order valence-corrected chi connectivity index (χ2v) is 8.28. The van der Waals surface area contributed by atoms with E-state index in [4.69, 9.17) is 9.15 Å². The molecule has 3 heterocycles. The highest BCUT2D eigenvalue weighted by Gasteiger charge is 2.44. The quantitative estimate of drug-likeness (QED) is 0.345. The van der Waals surface area contributed by atoms with E-state index < -0.39 is 11.9 Å². The average Bonchev–Trinajstić information content (AvgIpc) is 3.21. The highest BCUT2D eigenvalue weighted by atomic mass is 16.5. The van der Waals surface area contributed by atoms with Gasteiger partial charge < -0.3 is 9.15 Å². The highest BCUT2D eigenvalue weighted by Crippen LogP contribution is 2.41. The van der Waals surface area contributed by atoms with Crippen molar-refractivity contribution in [3.8, 4) is 5.75 Å². The zero-order valence-corrected chi connectivity index (χ0v) is 18.6. The Morgan fingerprint density at radius 1 is 0.857 bits per heavy atom. The van der Waals surface area contributed by atoms with Gasteiger partial charge in [0, 0.05) is 6.20 Å². The number of rotatable bonds is 5. The van der Waals surface area contributed by atoms with E-state index in [0.29, 0.717) is 34.7 Å². The van der Waals surface area contributed by atoms with Crippen LogP contribution in [0.4, 0.5) is 5.82 Å². The normalized spacial score (nSPS) is 14.8. The van der Waals surface area contributed by atoms with Crippen LogP contribution in [0.25, 0.3) is 11.0 Å². The number of para-hydroxylation sites is 1. The lowest BCUT2D eigenvalue weighted by Gasteiger charge is -2.24. The molecule has 0 saturated heterocycles. The van der Waals surface area contributed by atoms with Gasteiger partial charge in [0.2, 0.25) is 5.76 Å². The maximum Gasteiger partial charge on any atom is 0.296 e. The lowest BCUT2D eigenvalue weighted by molar-refractivity contribution is 0.0970. The summed E-state index contributed by atoms with van der Waals surface area (Å²) in [4.78, 5) is 33.1. The topological polar surface area (TPSA) is 72.6 Å². The van der Waals surface area contributed by atoms with Crippen molar-refractivity contribution in [1.29, 1.82) is 0 Å². The summed E-state index contributed by atoms with van der Waals surface area (Å²) in [5.74, 6) is 0.716. The zero-order valence-electron chi connectivity index (χ0n) is 18.6. The van der Waals surface area contributed by atoms with E-state index in [-0.39, 0.29) is 11.2 Å². The fourth-order valence-corrected chi connectivity index (χ4v) is 4.48. The molecule has 35 heavy (non-hydrogen) atoms. The number of hydrogen-bond acceptors (Lipinski definition) is 5. The number of carbonyl (C=O) groups excluding carboxylic acids is 1. The van der Waals surface area contributed by atoms with Crippen molar-refractivity contribution in [2.24, 2.45) is 0 Å². The summed E-state index contributed by atoms with van der Waals surface area (Å²) in [5.41, 5.74) is 2.23. The van der Waals surface area contributed by atoms with Crippen LogP contribution in [-0.4, -0.2) is 10.9 Å². The number of anilines is 1. The number of hydrogen-bond donors (Lipinski definition) is 0. The van der Waals surface area contributed by atoms with Gasteiger partial charge in [-0.1, -0.05) is 60.7 Å². The predicted octanol–water partition coefficient (Wildman–Crippen LogP) is 5.52. The van der Waals surface area contributed by atoms with Gasteiger partial charge in [-0.05, 0) is 47.5 Å². The number of amides is 1. The number of ether oxygens (including phenoxy) is 1. The second-order valence-electron chi connectivity index (χ2n) is 8.28. The third-order valence-electron chi connectivity index (χ3n) is 6.10. The molecule has 0 radical (unpaired) electrons. The van der Waals surface area contributed by atoms with Crippen molar-refractivity contribution in [3.05, 3.63) is 136 Å². The fraction of sp³-hybridized carbons (Fsp3) is 0.0690. The van der Waals surface area contributed by atoms with E-state index in [1.807, 2.05) is 54.6 Å². The van der Waals surface area contributed by atoms with Crippen LogP contribution in [0.3, 0.4) is 0 Å². The van der Waals surface area contributed by atoms with Gasteiger partial charge in [0.05, 0.1) is 17.0 Å². The molecule has 3 aromatic carbocycles. The molecule has 5 aromatic rings. The molecule has 1 aliphatic heterocycles. The van der Waals surface area contributed by atoms with Crippen molar-refractivity contribution in [3.63, 3.8) is 0 Å². The van der Waals surface area contributed by atoms with Gasteiger partial charge in [0.15, 0.2) is 5.43 Å². The van der Waals surface area contributed by atoms with Crippen LogP contribution < -0.4 is 15.1 Å². The fourth-order valence-electron chi connectivity index (χ4n) is 4.48. The standard InChI is InChI=1S/C29H20N2O4/c32-27-22-13-4-5-14-23(22)35-28-25(27)26(31(29(28)33)24-15-6-7-16-30-24)20-11-8-12-21(17-20)34-18-19-9-2-1-3-10-19/h1-17,26H,18H2/t26-/m0/s1. The van der Waals surface area contributed by atoms with E-state index in [2.05, 4.69) is 4.98 Å². The molecule has 6 rings (SSSR count). The Morgan fingerprint density at radius 3 is 2.49 bits per heavy atom. The average molecular weight is 460 g/mol. The van der Waals surface area contributed by atoms with E-state index in [9.17, 15) is 9.59 Å². The Labute approximate surface area is 201 Å². The Bertz CT molecular complexity index is 1600. The molecular weight excluding hydrogens is 440 g/mol. The largest absolute Gasteiger partial charge is 0.489 e. The van der Waals surface area contributed by atoms with E-state index >= 15 is 0 Å². The van der Waals surface area contributed by atoms with Crippen molar-refractivity contribution in [2.75, 3.05) is 4.90 Å². The molecule has 0 bridgehead atoms. The number of benzene rings is 3. The minimum Gasteiger partial charge on any atom is -0.489 e. The Hall–Kier alpha value is -4.71. The molecule has 6 nitrogen and oxygen atoms in total. The van der Waals surface area contributed by atoms with Crippen molar-refractivity contribution in [1.82, 2.24) is 4.98 Å². The molecule has 0 unspecified atom stereocenters. The summed E-state index contributed by atoms with van der Waals surface area (Å²) in [6.07, 6.45) is 1.62. The van der Waals surface area contributed by atoms with E-state index in [1.165, 1.54) is 4.90 Å². The van der Waals surface area contributed by atoms with Gasteiger partial charge in [-0.3, -0.25) is 14.5 Å². The number of aromatic nitrogens is 1. The molecule has 0 aliphatic carbocycles. The first-order valence-electron chi connectivity index (χ1n) is 11.3. The molecule has 1 aliphatic rings. The van der Waals surface area contributed by atoms with E-state index in [1.54, 1.807) is 48.7 Å². The van der Waals surface area contributed by atoms with Crippen LogP contribution in [-0.2, 0) is 6.61 Å². The Morgan fingerprint density at radius 2 is 1.66 bits per heavy atom. The second kappa shape index (κ2) is 8.57. The molecule has 2 aromatic heterocycles. The molecule has 170 valence electrons. The minimum absolute atomic E-state index is 0.0416. The third-order valence-corrected chi connectivity index (χ3v) is 6.10. The van der Waals surface area contributed by atoms with Gasteiger partial charge >= 0.3 is 0 Å². The molecule has 6 heteroatoms. The van der Waals surface area contributed by atoms with Crippen LogP contribution in [0, 0.1) is 0 Å². The Kier molecular flexibility index (Phi) is 5.11. The van der Waals surface area contributed by atoms with Gasteiger partial charge in [-0.15, -0.1) is 0 Å². The van der Waals surface area contributed by atoms with Crippen LogP contribution in [0.5, 0.6) is 5.75 Å². The maximum absolute atomic E-state index is 13.6. The summed E-state index contributed by atoms with van der Waals surface area (Å²) in [7, 11) is 0. The van der Waals surface area contributed by atoms with Crippen LogP contribution in [0.2, 0.25) is 0 Å². The van der Waals surface area contributed by atoms with Gasteiger partial charge in [0.25, 0.3) is 5.91 Å². The molecule has 0 N–H and O–H groups in total. The van der Waals surface area contributed by atoms with Crippen LogP contribution in [0.1, 0.15) is 33.3 Å². The lowest BCUT2D eigenvalue weighted by Crippen LogP contribution is -2.30. The molecule has 0 fully saturated rings. The first-order chi connectivity index (χ1) is 17.2. The first kappa shape index (κ1) is 20.9. The van der Waals surface area contributed by atoms with Crippen molar-refractivity contribution < 1.29 is 13.9 Å². The van der Waals surface area contributed by atoms with Gasteiger partial charge in [0.1, 0.15) is 23.8 Å². The highest BCUT2D eigenvalue weighted by molar-refractivity contribution is 6.10. The van der Waals surface area contributed by atoms with Crippen LogP contribution >= 0.6 is 0 Å². The molecule has 0 spiro atoms. The molecule has 1 atom stereocenters. The summed E-state index contributed by atoms with van der Waals surface area (Å²) < 4.78 is 12.0. The number of carbonyl (C=O) groups is 1. The Balaban J connectivity index is 1.48. The summed E-state index contributed by atoms with van der Waals surface area (Å²) in [6, 6.07) is 28.9. The summed E-state index contributed by atoms with van der Waals surface area (Å²) in [6.45, 7) is 0.404. The first-order valence-corrected chi connectivity index (χ1v) is 11.3. The third kappa shape index (κ3) is 3.65. The SMILES string of the molecule is O=C1c2oc3ccccc3c(=O)c2[C@H](c2cccc(OCc3ccccc3)c2)N1c1ccccn1. The zero-order chi connectivity index (χ0) is 23.8. The van der Waals surface area contributed by atoms with Crippen molar-refractivity contribution in [2.45, 2.75) is 12.6 Å². The van der Waals surface area contributed by atoms with E-state index in [0.717, 1.165) is 11.1 Å². The summed E-state index contributed by atoms with van der Waals surface area (Å²) in [5, 5.41) is 0.434. The molecule has 0 saturated carbocycles. The van der Waals surface area contributed by atoms with Crippen LogP contribution in [0.15, 0.2) is 112 Å². The smallest absolute Gasteiger partial charge is 0.296 e. The molecule has 1 amide bonds. The number of pyridine rings is 1. The summed E-state index contributed by atoms with van der Waals surface area (Å²) >= 11 is 0. The number of fused-ring (bicyclic) bond motifs is 2. The maximum atomic E-state index is 13.6.